The summed E-state index contributed by atoms with van der Waals surface area (Å²) in [6.07, 6.45) is 0.495. The fourth-order valence-corrected chi connectivity index (χ4v) is 0.676. The fraction of sp³-hybridized carbons (Fsp3) is 0.667. The van der Waals surface area contributed by atoms with Crippen LogP contribution in [0.4, 0.5) is 0 Å². The number of nitrogens with zero attached hydrogens (tertiary/aromatic N) is 1. The van der Waals surface area contributed by atoms with E-state index < -0.39 is 0 Å². The van der Waals surface area contributed by atoms with Crippen LogP contribution in [0.2, 0.25) is 0 Å². The molecule has 0 aromatic carbocycles. The predicted molar refractivity (Wildman–Crippen MR) is 38.8 cm³/mol. The molecule has 4 heteroatoms. The van der Waals surface area contributed by atoms with Crippen LogP contribution in [0.25, 0.3) is 0 Å². The van der Waals surface area contributed by atoms with E-state index >= 15 is 0 Å². The first-order valence-electron chi connectivity index (χ1n) is 2.96. The van der Waals surface area contributed by atoms with Gasteiger partial charge >= 0.3 is 0 Å². The van der Waals surface area contributed by atoms with Gasteiger partial charge in [0.2, 0.25) is 12.3 Å². The first-order chi connectivity index (χ1) is 4.63. The third-order valence-corrected chi connectivity index (χ3v) is 1.30. The summed E-state index contributed by atoms with van der Waals surface area (Å²) in [5.41, 5.74) is 0. The standard InChI is InChI=1S/C6H10ClNO2/c1-5(2)8(4-9)6(10)3-7/h4-5H,3H2,1-2H3. The summed E-state index contributed by atoms with van der Waals surface area (Å²) in [7, 11) is 0. The van der Waals surface area contributed by atoms with Gasteiger partial charge in [-0.15, -0.1) is 11.6 Å². The molecule has 0 rings (SSSR count). The Kier molecular flexibility index (Phi) is 4.03. The highest BCUT2D eigenvalue weighted by atomic mass is 35.5. The maximum absolute atomic E-state index is 10.7. The van der Waals surface area contributed by atoms with Crippen LogP contribution in [0.3, 0.4) is 0 Å². The van der Waals surface area contributed by atoms with Crippen molar-refractivity contribution in [2.75, 3.05) is 5.88 Å². The minimum Gasteiger partial charge on any atom is -0.282 e. The van der Waals surface area contributed by atoms with Gasteiger partial charge in [-0.05, 0) is 13.8 Å². The van der Waals surface area contributed by atoms with Gasteiger partial charge in [0.15, 0.2) is 0 Å². The van der Waals surface area contributed by atoms with E-state index in [1.54, 1.807) is 13.8 Å². The van der Waals surface area contributed by atoms with Crippen LogP contribution < -0.4 is 0 Å². The van der Waals surface area contributed by atoms with Crippen LogP contribution in [-0.2, 0) is 9.59 Å². The number of imide groups is 1. The minimum atomic E-state index is -0.355. The Morgan fingerprint density at radius 2 is 2.20 bits per heavy atom. The van der Waals surface area contributed by atoms with Gasteiger partial charge in [-0.1, -0.05) is 0 Å². The van der Waals surface area contributed by atoms with Gasteiger partial charge in [-0.25, -0.2) is 0 Å². The van der Waals surface area contributed by atoms with Crippen LogP contribution in [0, 0.1) is 0 Å². The summed E-state index contributed by atoms with van der Waals surface area (Å²) < 4.78 is 0. The lowest BCUT2D eigenvalue weighted by Gasteiger charge is -2.17. The molecule has 0 atom stereocenters. The smallest absolute Gasteiger partial charge is 0.244 e. The van der Waals surface area contributed by atoms with Crippen molar-refractivity contribution < 1.29 is 9.59 Å². The minimum absolute atomic E-state index is 0.108. The van der Waals surface area contributed by atoms with Crippen LogP contribution in [0.5, 0.6) is 0 Å². The molecule has 2 amide bonds. The molecule has 0 N–H and O–H groups in total. The molecule has 0 spiro atoms. The lowest BCUT2D eigenvalue weighted by atomic mass is 10.3. The third-order valence-electron chi connectivity index (χ3n) is 1.07. The van der Waals surface area contributed by atoms with Gasteiger partial charge in [0.25, 0.3) is 0 Å². The summed E-state index contributed by atoms with van der Waals surface area (Å²) in [5, 5.41) is 0. The number of halogens is 1. The molecule has 0 saturated carbocycles. The maximum atomic E-state index is 10.7. The van der Waals surface area contributed by atoms with Gasteiger partial charge in [0.1, 0.15) is 5.88 Å². The van der Waals surface area contributed by atoms with Crippen molar-refractivity contribution in [3.8, 4) is 0 Å². The molecule has 0 aliphatic heterocycles. The van der Waals surface area contributed by atoms with Crippen LogP contribution >= 0.6 is 11.6 Å². The summed E-state index contributed by atoms with van der Waals surface area (Å²) in [4.78, 5) is 22.0. The second kappa shape index (κ2) is 4.28. The summed E-state index contributed by atoms with van der Waals surface area (Å²) in [6.45, 7) is 3.50. The van der Waals surface area contributed by atoms with Gasteiger partial charge in [-0.2, -0.15) is 0 Å². The quantitative estimate of drug-likeness (QED) is 0.452. The second-order valence-corrected chi connectivity index (χ2v) is 2.40. The molecule has 0 saturated heterocycles. The maximum Gasteiger partial charge on any atom is 0.244 e. The Balaban J connectivity index is 4.06. The summed E-state index contributed by atoms with van der Waals surface area (Å²) in [6, 6.07) is -0.108. The number of hydrogen-bond donors (Lipinski definition) is 0. The highest BCUT2D eigenvalue weighted by Gasteiger charge is 2.13. The molecule has 0 unspecified atom stereocenters. The lowest BCUT2D eigenvalue weighted by Crippen LogP contribution is -2.36. The van der Waals surface area contributed by atoms with E-state index in [4.69, 9.17) is 11.6 Å². The van der Waals surface area contributed by atoms with Crippen LogP contribution in [-0.4, -0.2) is 29.1 Å². The van der Waals surface area contributed by atoms with Crippen molar-refractivity contribution in [2.24, 2.45) is 0 Å². The first kappa shape index (κ1) is 9.43. The van der Waals surface area contributed by atoms with Gasteiger partial charge in [0.05, 0.1) is 0 Å². The van der Waals surface area contributed by atoms with Crippen LogP contribution in [0.15, 0.2) is 0 Å². The molecule has 0 aromatic rings. The van der Waals surface area contributed by atoms with Crippen molar-refractivity contribution in [1.82, 2.24) is 4.90 Å². The monoisotopic (exact) mass is 163 g/mol. The molecule has 0 aliphatic carbocycles. The summed E-state index contributed by atoms with van der Waals surface area (Å²) >= 11 is 5.22. The highest BCUT2D eigenvalue weighted by Crippen LogP contribution is 1.95. The van der Waals surface area contributed by atoms with Gasteiger partial charge in [-0.3, -0.25) is 14.5 Å². The van der Waals surface area contributed by atoms with E-state index in [0.29, 0.717) is 6.41 Å². The molecular formula is C6H10ClNO2. The fourth-order valence-electron chi connectivity index (χ4n) is 0.537. The molecule has 0 aliphatic rings. The number of carbonyl (C=O) groups is 2. The molecular weight excluding hydrogens is 154 g/mol. The molecule has 0 bridgehead atoms. The topological polar surface area (TPSA) is 37.4 Å². The first-order valence-corrected chi connectivity index (χ1v) is 3.49. The molecule has 0 aromatic heterocycles. The predicted octanol–water partition coefficient (Wildman–Crippen LogP) is 0.619. The van der Waals surface area contributed by atoms with E-state index in [9.17, 15) is 9.59 Å². The highest BCUT2D eigenvalue weighted by molar-refractivity contribution is 6.27. The van der Waals surface area contributed by atoms with E-state index in [0.717, 1.165) is 4.90 Å². The number of amides is 2. The Bertz CT molecular complexity index is 136. The largest absolute Gasteiger partial charge is 0.282 e. The van der Waals surface area contributed by atoms with E-state index in [-0.39, 0.29) is 17.8 Å². The molecule has 3 nitrogen and oxygen atoms in total. The SMILES string of the molecule is CC(C)N(C=O)C(=O)CCl. The molecule has 0 radical (unpaired) electrons. The lowest BCUT2D eigenvalue weighted by molar-refractivity contribution is -0.137. The van der Waals surface area contributed by atoms with E-state index in [1.165, 1.54) is 0 Å². The third kappa shape index (κ3) is 2.35. The number of alkyl halides is 1. The zero-order valence-electron chi connectivity index (χ0n) is 6.00. The normalized spacial score (nSPS) is 9.60. The van der Waals surface area contributed by atoms with Crippen molar-refractivity contribution in [2.45, 2.75) is 19.9 Å². The number of hydrogen-bond acceptors (Lipinski definition) is 2. The molecule has 10 heavy (non-hydrogen) atoms. The second-order valence-electron chi connectivity index (χ2n) is 2.13. The summed E-state index contributed by atoms with van der Waals surface area (Å²) in [5.74, 6) is -0.497. The van der Waals surface area contributed by atoms with E-state index in [2.05, 4.69) is 0 Å². The number of rotatable bonds is 3. The van der Waals surface area contributed by atoms with Gasteiger partial charge in [0, 0.05) is 6.04 Å². The zero-order chi connectivity index (χ0) is 8.15. The van der Waals surface area contributed by atoms with Crippen molar-refractivity contribution in [1.29, 1.82) is 0 Å². The van der Waals surface area contributed by atoms with Gasteiger partial charge < -0.3 is 0 Å². The van der Waals surface area contributed by atoms with Crippen molar-refractivity contribution in [3.63, 3.8) is 0 Å². The Labute approximate surface area is 65.0 Å². The van der Waals surface area contributed by atoms with Crippen LogP contribution in [0.1, 0.15) is 13.8 Å². The number of carbonyl (C=O) groups excluding carboxylic acids is 2. The van der Waals surface area contributed by atoms with Crippen molar-refractivity contribution >= 4 is 23.9 Å². The van der Waals surface area contributed by atoms with Crippen molar-refractivity contribution in [3.05, 3.63) is 0 Å². The zero-order valence-corrected chi connectivity index (χ0v) is 6.76. The van der Waals surface area contributed by atoms with E-state index in [1.807, 2.05) is 0 Å². The average Bonchev–Trinajstić information content (AvgIpc) is 1.88. The Hall–Kier alpha value is -0.570. The molecule has 58 valence electrons. The Morgan fingerprint density at radius 3 is 2.30 bits per heavy atom. The molecule has 0 heterocycles. The average molecular weight is 164 g/mol. The Morgan fingerprint density at radius 1 is 1.70 bits per heavy atom. The molecule has 0 fully saturated rings.